The quantitative estimate of drug-likeness (QED) is 0.633. The molecule has 9 nitrogen and oxygen atoms in total. The fourth-order valence-corrected chi connectivity index (χ4v) is 2.62. The van der Waals surface area contributed by atoms with Gasteiger partial charge >= 0.3 is 5.97 Å². The lowest BCUT2D eigenvalue weighted by Gasteiger charge is -2.20. The summed E-state index contributed by atoms with van der Waals surface area (Å²) in [5.41, 5.74) is 5.76. The Kier molecular flexibility index (Phi) is 4.60. The minimum Gasteiger partial charge on any atom is -0.455 e. The number of rotatable bonds is 3. The van der Waals surface area contributed by atoms with Gasteiger partial charge in [0, 0.05) is 6.26 Å². The Hall–Kier alpha value is -2.49. The minimum atomic E-state index is -3.80. The first-order chi connectivity index (χ1) is 11.3. The number of carbonyl (C=O) groups excluding carboxylic acids is 1. The average Bonchev–Trinajstić information content (AvgIpc) is 2.75. The van der Waals surface area contributed by atoms with Crippen LogP contribution < -0.4 is 5.73 Å². The van der Waals surface area contributed by atoms with Crippen LogP contribution in [-0.2, 0) is 14.6 Å². The molecule has 2 rings (SSSR count). The Bertz CT molecular complexity index is 922. The van der Waals surface area contributed by atoms with Crippen LogP contribution in [0.1, 0.15) is 42.7 Å². The number of hydrogen-bond donors (Lipinski definition) is 1. The number of nitrogen functional groups attached to an aromatic ring is 1. The number of aryl methyl sites for hydroxylation is 2. The van der Waals surface area contributed by atoms with Crippen LogP contribution >= 0.6 is 0 Å². The van der Waals surface area contributed by atoms with Gasteiger partial charge in [-0.05, 0) is 34.6 Å². The van der Waals surface area contributed by atoms with Crippen LogP contribution in [0.25, 0.3) is 11.3 Å². The predicted molar refractivity (Wildman–Crippen MR) is 89.7 cm³/mol. The third-order valence-corrected chi connectivity index (χ3v) is 3.97. The Balaban J connectivity index is 2.77. The molecule has 0 aliphatic carbocycles. The van der Waals surface area contributed by atoms with Gasteiger partial charge in [0.25, 0.3) is 0 Å². The van der Waals surface area contributed by atoms with Crippen LogP contribution in [0.4, 0.5) is 5.69 Å². The Morgan fingerprint density at radius 2 is 1.80 bits per heavy atom. The van der Waals surface area contributed by atoms with Crippen LogP contribution in [0, 0.1) is 13.8 Å². The van der Waals surface area contributed by atoms with E-state index in [0.717, 1.165) is 6.26 Å². The molecular formula is C15H20N4O5S. The summed E-state index contributed by atoms with van der Waals surface area (Å²) in [6, 6.07) is 0. The predicted octanol–water partition coefficient (Wildman–Crippen LogP) is 1.69. The minimum absolute atomic E-state index is 0.0625. The van der Waals surface area contributed by atoms with E-state index in [1.165, 1.54) is 0 Å². The molecule has 0 atom stereocenters. The van der Waals surface area contributed by atoms with Gasteiger partial charge in [-0.3, -0.25) is 0 Å². The molecule has 0 aromatic carbocycles. The molecular weight excluding hydrogens is 348 g/mol. The zero-order valence-corrected chi connectivity index (χ0v) is 15.7. The maximum atomic E-state index is 12.4. The van der Waals surface area contributed by atoms with Crippen LogP contribution in [0.3, 0.4) is 0 Å². The first-order valence-electron chi connectivity index (χ1n) is 7.35. The molecule has 2 N–H and O–H groups in total. The van der Waals surface area contributed by atoms with Gasteiger partial charge in [-0.1, -0.05) is 5.16 Å². The monoisotopic (exact) mass is 368 g/mol. The Morgan fingerprint density at radius 3 is 2.24 bits per heavy atom. The highest BCUT2D eigenvalue weighted by atomic mass is 32.2. The van der Waals surface area contributed by atoms with Crippen LogP contribution in [0.15, 0.2) is 9.68 Å². The first kappa shape index (κ1) is 18.8. The summed E-state index contributed by atoms with van der Waals surface area (Å²) in [6.07, 6.45) is 0.939. The van der Waals surface area contributed by atoms with Crippen LogP contribution in [0.5, 0.6) is 0 Å². The Labute approximate surface area is 145 Å². The fraction of sp³-hybridized carbons (Fsp3) is 0.467. The van der Waals surface area contributed by atoms with E-state index in [1.54, 1.807) is 34.6 Å². The van der Waals surface area contributed by atoms with Crippen molar-refractivity contribution in [2.24, 2.45) is 0 Å². The molecule has 0 spiro atoms. The van der Waals surface area contributed by atoms with E-state index in [1.807, 2.05) is 0 Å². The van der Waals surface area contributed by atoms with Crippen molar-refractivity contribution in [3.8, 4) is 11.3 Å². The first-order valence-corrected chi connectivity index (χ1v) is 9.24. The molecule has 0 saturated heterocycles. The molecule has 0 aliphatic rings. The van der Waals surface area contributed by atoms with E-state index in [2.05, 4.69) is 15.1 Å². The third-order valence-electron chi connectivity index (χ3n) is 3.12. The third kappa shape index (κ3) is 3.95. The number of carbonyl (C=O) groups is 1. The van der Waals surface area contributed by atoms with Gasteiger partial charge in [-0.2, -0.15) is 0 Å². The molecule has 2 heterocycles. The molecule has 0 radical (unpaired) electrons. The number of sulfone groups is 1. The van der Waals surface area contributed by atoms with Gasteiger partial charge in [0.05, 0.1) is 16.9 Å². The lowest BCUT2D eigenvalue weighted by atomic mass is 10.1. The summed E-state index contributed by atoms with van der Waals surface area (Å²) in [7, 11) is -3.80. The second kappa shape index (κ2) is 6.10. The number of esters is 1. The normalized spacial score (nSPS) is 12.2. The molecule has 0 aliphatic heterocycles. The molecule has 10 heteroatoms. The fourth-order valence-electron chi connectivity index (χ4n) is 2.11. The molecule has 0 fully saturated rings. The molecule has 2 aromatic rings. The second-order valence-electron chi connectivity index (χ2n) is 6.59. The lowest BCUT2D eigenvalue weighted by molar-refractivity contribution is 0.00631. The molecule has 0 bridgehead atoms. The standard InChI is InChI=1S/C15H20N4O5S/c1-7-9(8(2)24-19-7)11-10(16)12(13(20)23-15(3,4)5)18-14(17-11)25(6,21)22/h16H2,1-6H3. The number of ether oxygens (including phenoxy) is 1. The number of hydrogen-bond acceptors (Lipinski definition) is 9. The molecule has 0 amide bonds. The molecule has 0 unspecified atom stereocenters. The van der Waals surface area contributed by atoms with E-state index >= 15 is 0 Å². The summed E-state index contributed by atoms with van der Waals surface area (Å²) < 4.78 is 34.2. The van der Waals surface area contributed by atoms with Gasteiger partial charge in [-0.15, -0.1) is 0 Å². The van der Waals surface area contributed by atoms with Crippen LogP contribution in [0.2, 0.25) is 0 Å². The van der Waals surface area contributed by atoms with Crippen molar-refractivity contribution in [3.63, 3.8) is 0 Å². The highest BCUT2D eigenvalue weighted by molar-refractivity contribution is 7.90. The van der Waals surface area contributed by atoms with Crippen molar-refractivity contribution >= 4 is 21.5 Å². The van der Waals surface area contributed by atoms with Gasteiger partial charge in [0.1, 0.15) is 17.1 Å². The summed E-state index contributed by atoms with van der Waals surface area (Å²) in [4.78, 5) is 20.2. The van der Waals surface area contributed by atoms with E-state index in [0.29, 0.717) is 17.0 Å². The van der Waals surface area contributed by atoms with E-state index < -0.39 is 26.6 Å². The summed E-state index contributed by atoms with van der Waals surface area (Å²) in [5, 5.41) is 3.27. The van der Waals surface area contributed by atoms with E-state index in [-0.39, 0.29) is 17.1 Å². The SMILES string of the molecule is Cc1noc(C)c1-c1nc(S(C)(=O)=O)nc(C(=O)OC(C)(C)C)c1N. The highest BCUT2D eigenvalue weighted by Crippen LogP contribution is 2.32. The summed E-state index contributed by atoms with van der Waals surface area (Å²) in [5.74, 6) is -0.456. The van der Waals surface area contributed by atoms with Crippen LogP contribution in [-0.4, -0.2) is 41.4 Å². The average molecular weight is 368 g/mol. The second-order valence-corrected chi connectivity index (χ2v) is 8.50. The zero-order valence-electron chi connectivity index (χ0n) is 14.9. The number of nitrogens with zero attached hydrogens (tertiary/aromatic N) is 3. The van der Waals surface area contributed by atoms with Gasteiger partial charge in [0.2, 0.25) is 15.0 Å². The Morgan fingerprint density at radius 1 is 1.20 bits per heavy atom. The van der Waals surface area contributed by atoms with Crippen molar-refractivity contribution in [2.45, 2.75) is 45.4 Å². The van der Waals surface area contributed by atoms with Crippen molar-refractivity contribution in [3.05, 3.63) is 17.1 Å². The maximum absolute atomic E-state index is 12.4. The van der Waals surface area contributed by atoms with Crippen molar-refractivity contribution in [1.82, 2.24) is 15.1 Å². The maximum Gasteiger partial charge on any atom is 0.359 e. The number of nitrogens with two attached hydrogens (primary N) is 1. The molecule has 0 saturated carbocycles. The smallest absolute Gasteiger partial charge is 0.359 e. The van der Waals surface area contributed by atoms with E-state index in [4.69, 9.17) is 15.0 Å². The van der Waals surface area contributed by atoms with E-state index in [9.17, 15) is 13.2 Å². The van der Waals surface area contributed by atoms with Gasteiger partial charge in [-0.25, -0.2) is 23.2 Å². The van der Waals surface area contributed by atoms with Crippen molar-refractivity contribution in [2.75, 3.05) is 12.0 Å². The summed E-state index contributed by atoms with van der Waals surface area (Å²) in [6.45, 7) is 8.31. The molecule has 2 aromatic heterocycles. The van der Waals surface area contributed by atoms with Crippen molar-refractivity contribution in [1.29, 1.82) is 0 Å². The number of anilines is 1. The topological polar surface area (TPSA) is 138 Å². The number of aromatic nitrogens is 3. The van der Waals surface area contributed by atoms with Crippen molar-refractivity contribution < 1.29 is 22.5 Å². The molecule has 25 heavy (non-hydrogen) atoms. The molecule has 136 valence electrons. The lowest BCUT2D eigenvalue weighted by Crippen LogP contribution is -2.26. The summed E-state index contributed by atoms with van der Waals surface area (Å²) >= 11 is 0. The largest absolute Gasteiger partial charge is 0.455 e. The van der Waals surface area contributed by atoms with Gasteiger partial charge < -0.3 is 15.0 Å². The van der Waals surface area contributed by atoms with Gasteiger partial charge in [0.15, 0.2) is 5.69 Å². The zero-order chi connectivity index (χ0) is 19.2. The highest BCUT2D eigenvalue weighted by Gasteiger charge is 2.28.